The molecule has 0 bridgehead atoms. The Morgan fingerprint density at radius 2 is 2.40 bits per heavy atom. The number of nitrogens with one attached hydrogen (secondary N) is 1. The van der Waals surface area contributed by atoms with E-state index in [1.54, 1.807) is 7.11 Å². The van der Waals surface area contributed by atoms with Gasteiger partial charge in [-0.25, -0.2) is 4.39 Å². The quantitative estimate of drug-likeness (QED) is 0.821. The molecule has 0 spiro atoms. The minimum absolute atomic E-state index is 0.199. The molecule has 0 aromatic heterocycles. The van der Waals surface area contributed by atoms with Crippen LogP contribution >= 0.6 is 0 Å². The number of halogens is 1. The lowest BCUT2D eigenvalue weighted by Crippen LogP contribution is -2.36. The zero-order valence-electron chi connectivity index (χ0n) is 8.79. The average molecular weight is 210 g/mol. The maximum absolute atomic E-state index is 13.0. The molecule has 1 N–H and O–H groups in total. The van der Waals surface area contributed by atoms with Crippen molar-refractivity contribution in [1.29, 1.82) is 0 Å². The summed E-state index contributed by atoms with van der Waals surface area (Å²) in [5.41, 5.74) is 1.93. The van der Waals surface area contributed by atoms with Crippen molar-refractivity contribution in [2.24, 2.45) is 0 Å². The minimum Gasteiger partial charge on any atom is -0.383 e. The van der Waals surface area contributed by atoms with E-state index >= 15 is 0 Å². The van der Waals surface area contributed by atoms with Crippen molar-refractivity contribution in [1.82, 2.24) is 0 Å². The zero-order valence-corrected chi connectivity index (χ0v) is 8.79. The van der Waals surface area contributed by atoms with Crippen molar-refractivity contribution in [3.8, 4) is 0 Å². The van der Waals surface area contributed by atoms with Gasteiger partial charge in [0.1, 0.15) is 5.82 Å². The third-order valence-corrected chi connectivity index (χ3v) is 2.56. The standard InChI is InChI=1S/C11H15FN2O/c1-15-7-6-14-5-4-13-10-8-9(12)2-3-11(10)14/h2-3,8,13H,4-7H2,1H3. The molecule has 0 atom stereocenters. The van der Waals surface area contributed by atoms with Gasteiger partial charge in [0.15, 0.2) is 0 Å². The Bertz CT molecular complexity index is 343. The van der Waals surface area contributed by atoms with E-state index in [0.29, 0.717) is 6.61 Å². The SMILES string of the molecule is COCCN1CCNc2cc(F)ccc21. The van der Waals surface area contributed by atoms with Crippen LogP contribution in [0.3, 0.4) is 0 Å². The van der Waals surface area contributed by atoms with E-state index < -0.39 is 0 Å². The monoisotopic (exact) mass is 210 g/mol. The fraction of sp³-hybridized carbons (Fsp3) is 0.455. The highest BCUT2D eigenvalue weighted by Gasteiger charge is 2.16. The normalized spacial score (nSPS) is 14.7. The zero-order chi connectivity index (χ0) is 10.7. The summed E-state index contributed by atoms with van der Waals surface area (Å²) in [4.78, 5) is 2.20. The van der Waals surface area contributed by atoms with Gasteiger partial charge < -0.3 is 15.0 Å². The molecule has 1 aromatic carbocycles. The van der Waals surface area contributed by atoms with Gasteiger partial charge in [0.05, 0.1) is 18.0 Å². The molecule has 1 aromatic rings. The van der Waals surface area contributed by atoms with Crippen LogP contribution < -0.4 is 10.2 Å². The number of methoxy groups -OCH3 is 1. The first-order chi connectivity index (χ1) is 7.31. The molecule has 2 rings (SSSR count). The van der Waals surface area contributed by atoms with Gasteiger partial charge in [-0.15, -0.1) is 0 Å². The van der Waals surface area contributed by atoms with Crippen LogP contribution in [0, 0.1) is 5.82 Å². The summed E-state index contributed by atoms with van der Waals surface area (Å²) < 4.78 is 18.0. The van der Waals surface area contributed by atoms with E-state index in [4.69, 9.17) is 4.74 Å². The number of nitrogens with zero attached hydrogens (tertiary/aromatic N) is 1. The Morgan fingerprint density at radius 3 is 3.20 bits per heavy atom. The van der Waals surface area contributed by atoms with Gasteiger partial charge in [0, 0.05) is 26.7 Å². The van der Waals surface area contributed by atoms with Crippen LogP contribution in [-0.4, -0.2) is 33.4 Å². The molecule has 3 nitrogen and oxygen atoms in total. The molecule has 0 saturated heterocycles. The number of fused-ring (bicyclic) bond motifs is 1. The number of ether oxygens (including phenoxy) is 1. The lowest BCUT2D eigenvalue weighted by atomic mass is 10.2. The molecule has 15 heavy (non-hydrogen) atoms. The highest BCUT2D eigenvalue weighted by molar-refractivity contribution is 5.72. The Morgan fingerprint density at radius 1 is 1.53 bits per heavy atom. The highest BCUT2D eigenvalue weighted by atomic mass is 19.1. The summed E-state index contributed by atoms with van der Waals surface area (Å²) in [5.74, 6) is -0.199. The predicted molar refractivity (Wildman–Crippen MR) is 59.0 cm³/mol. The second kappa shape index (κ2) is 4.49. The maximum atomic E-state index is 13.0. The van der Waals surface area contributed by atoms with E-state index in [9.17, 15) is 4.39 Å². The summed E-state index contributed by atoms with van der Waals surface area (Å²) in [5, 5.41) is 3.19. The highest BCUT2D eigenvalue weighted by Crippen LogP contribution is 2.29. The largest absolute Gasteiger partial charge is 0.383 e. The number of hydrogen-bond donors (Lipinski definition) is 1. The van der Waals surface area contributed by atoms with Crippen LogP contribution in [0.4, 0.5) is 15.8 Å². The number of benzene rings is 1. The van der Waals surface area contributed by atoms with E-state index in [1.807, 2.05) is 6.07 Å². The van der Waals surface area contributed by atoms with Crippen LogP contribution in [-0.2, 0) is 4.74 Å². The lowest BCUT2D eigenvalue weighted by molar-refractivity contribution is 0.205. The van der Waals surface area contributed by atoms with Crippen LogP contribution in [0.1, 0.15) is 0 Å². The van der Waals surface area contributed by atoms with Gasteiger partial charge >= 0.3 is 0 Å². The molecule has 82 valence electrons. The first kappa shape index (κ1) is 10.2. The van der Waals surface area contributed by atoms with Crippen molar-refractivity contribution in [3.05, 3.63) is 24.0 Å². The van der Waals surface area contributed by atoms with Gasteiger partial charge in [-0.05, 0) is 18.2 Å². The topological polar surface area (TPSA) is 24.5 Å². The van der Waals surface area contributed by atoms with Gasteiger partial charge in [-0.2, -0.15) is 0 Å². The molecule has 0 aliphatic carbocycles. The van der Waals surface area contributed by atoms with Crippen molar-refractivity contribution >= 4 is 11.4 Å². The molecule has 0 fully saturated rings. The van der Waals surface area contributed by atoms with Crippen LogP contribution in [0.25, 0.3) is 0 Å². The summed E-state index contributed by atoms with van der Waals surface area (Å²) in [6, 6.07) is 4.84. The van der Waals surface area contributed by atoms with Crippen LogP contribution in [0.5, 0.6) is 0 Å². The van der Waals surface area contributed by atoms with Gasteiger partial charge in [-0.1, -0.05) is 0 Å². The van der Waals surface area contributed by atoms with Gasteiger partial charge in [0.25, 0.3) is 0 Å². The summed E-state index contributed by atoms with van der Waals surface area (Å²) >= 11 is 0. The molecular weight excluding hydrogens is 195 g/mol. The Kier molecular flexibility index (Phi) is 3.06. The van der Waals surface area contributed by atoms with Crippen LogP contribution in [0.15, 0.2) is 18.2 Å². The second-order valence-corrected chi connectivity index (χ2v) is 3.57. The molecule has 0 saturated carbocycles. The third-order valence-electron chi connectivity index (χ3n) is 2.56. The minimum atomic E-state index is -0.199. The summed E-state index contributed by atoms with van der Waals surface area (Å²) in [6.45, 7) is 3.32. The molecule has 0 radical (unpaired) electrons. The van der Waals surface area contributed by atoms with Crippen LogP contribution in [0.2, 0.25) is 0 Å². The third kappa shape index (κ3) is 2.21. The number of anilines is 2. The first-order valence-corrected chi connectivity index (χ1v) is 5.08. The number of hydrogen-bond acceptors (Lipinski definition) is 3. The Balaban J connectivity index is 2.18. The predicted octanol–water partition coefficient (Wildman–Crippen LogP) is 1.70. The Hall–Kier alpha value is -1.29. The number of rotatable bonds is 3. The van der Waals surface area contributed by atoms with Crippen molar-refractivity contribution in [3.63, 3.8) is 0 Å². The fourth-order valence-corrected chi connectivity index (χ4v) is 1.81. The summed E-state index contributed by atoms with van der Waals surface area (Å²) in [6.07, 6.45) is 0. The van der Waals surface area contributed by atoms with Gasteiger partial charge in [-0.3, -0.25) is 0 Å². The van der Waals surface area contributed by atoms with Crippen molar-refractivity contribution in [2.45, 2.75) is 0 Å². The van der Waals surface area contributed by atoms with E-state index in [0.717, 1.165) is 31.0 Å². The molecule has 4 heteroatoms. The molecular formula is C11H15FN2O. The molecule has 1 aliphatic heterocycles. The lowest BCUT2D eigenvalue weighted by Gasteiger charge is -2.31. The second-order valence-electron chi connectivity index (χ2n) is 3.57. The van der Waals surface area contributed by atoms with E-state index in [-0.39, 0.29) is 5.82 Å². The summed E-state index contributed by atoms with van der Waals surface area (Å²) in [7, 11) is 1.69. The van der Waals surface area contributed by atoms with Crippen molar-refractivity contribution < 1.29 is 9.13 Å². The molecule has 0 unspecified atom stereocenters. The average Bonchev–Trinajstić information content (AvgIpc) is 2.25. The van der Waals surface area contributed by atoms with Crippen molar-refractivity contribution in [2.75, 3.05) is 43.6 Å². The smallest absolute Gasteiger partial charge is 0.125 e. The molecule has 0 amide bonds. The fourth-order valence-electron chi connectivity index (χ4n) is 1.81. The van der Waals surface area contributed by atoms with E-state index in [2.05, 4.69) is 10.2 Å². The molecule has 1 heterocycles. The first-order valence-electron chi connectivity index (χ1n) is 5.08. The Labute approximate surface area is 88.8 Å². The van der Waals surface area contributed by atoms with Gasteiger partial charge in [0.2, 0.25) is 0 Å². The van der Waals surface area contributed by atoms with E-state index in [1.165, 1.54) is 12.1 Å². The maximum Gasteiger partial charge on any atom is 0.125 e. The molecule has 1 aliphatic rings.